The molecule has 1 aromatic carbocycles. The van der Waals surface area contributed by atoms with Gasteiger partial charge in [0.15, 0.2) is 0 Å². The zero-order valence-electron chi connectivity index (χ0n) is 13.0. The number of rotatable bonds is 9. The minimum atomic E-state index is 0.667. The smallest absolute Gasteiger partial charge is 0.0677 e. The molecule has 5 N–H and O–H groups in total. The van der Waals surface area contributed by atoms with Crippen molar-refractivity contribution in [3.8, 4) is 11.1 Å². The molecule has 0 saturated heterocycles. The Labute approximate surface area is 134 Å². The molecular formula is C16H22N6O. The molecular weight excluding hydrogens is 292 g/mol. The van der Waals surface area contributed by atoms with E-state index in [0.29, 0.717) is 6.61 Å². The van der Waals surface area contributed by atoms with Crippen LogP contribution in [0.5, 0.6) is 0 Å². The zero-order valence-corrected chi connectivity index (χ0v) is 13.0. The van der Waals surface area contributed by atoms with Gasteiger partial charge in [-0.3, -0.25) is 10.2 Å². The molecule has 0 spiro atoms. The van der Waals surface area contributed by atoms with Gasteiger partial charge in [-0.25, -0.2) is 0 Å². The van der Waals surface area contributed by atoms with Crippen LogP contribution in [0.15, 0.2) is 30.7 Å². The SMILES string of the molecule is NCCCCOCCNc1cc(-c2cn[nH]c2)cc2[nH]ncc12. The molecule has 23 heavy (non-hydrogen) atoms. The second kappa shape index (κ2) is 7.75. The highest BCUT2D eigenvalue weighted by Gasteiger charge is 2.08. The first-order valence-electron chi connectivity index (χ1n) is 7.86. The molecule has 3 rings (SSSR count). The average molecular weight is 314 g/mol. The molecule has 122 valence electrons. The molecule has 0 amide bonds. The molecule has 0 atom stereocenters. The van der Waals surface area contributed by atoms with Gasteiger partial charge >= 0.3 is 0 Å². The van der Waals surface area contributed by atoms with Gasteiger partial charge in [-0.2, -0.15) is 10.2 Å². The van der Waals surface area contributed by atoms with Crippen LogP contribution in [0, 0.1) is 0 Å². The molecule has 7 nitrogen and oxygen atoms in total. The van der Waals surface area contributed by atoms with E-state index in [1.165, 1.54) is 0 Å². The summed E-state index contributed by atoms with van der Waals surface area (Å²) in [5.74, 6) is 0. The summed E-state index contributed by atoms with van der Waals surface area (Å²) in [5.41, 5.74) is 9.62. The number of hydrogen-bond acceptors (Lipinski definition) is 5. The summed E-state index contributed by atoms with van der Waals surface area (Å²) in [6.07, 6.45) is 7.54. The first-order valence-corrected chi connectivity index (χ1v) is 7.86. The summed E-state index contributed by atoms with van der Waals surface area (Å²) in [7, 11) is 0. The van der Waals surface area contributed by atoms with E-state index in [0.717, 1.165) is 60.3 Å². The van der Waals surface area contributed by atoms with Gasteiger partial charge in [-0.15, -0.1) is 0 Å². The number of aromatic amines is 2. The van der Waals surface area contributed by atoms with Crippen LogP contribution in [-0.4, -0.2) is 46.7 Å². The molecule has 0 aliphatic heterocycles. The summed E-state index contributed by atoms with van der Waals surface area (Å²) in [6.45, 7) is 2.90. The molecule has 0 saturated carbocycles. The van der Waals surface area contributed by atoms with E-state index in [2.05, 4.69) is 37.8 Å². The maximum atomic E-state index is 5.60. The average Bonchev–Trinajstić information content (AvgIpc) is 3.24. The van der Waals surface area contributed by atoms with Crippen LogP contribution in [0.1, 0.15) is 12.8 Å². The molecule has 0 aliphatic carbocycles. The Morgan fingerprint density at radius 2 is 2.04 bits per heavy atom. The summed E-state index contributed by atoms with van der Waals surface area (Å²) < 4.78 is 5.60. The van der Waals surface area contributed by atoms with Crippen molar-refractivity contribution in [2.45, 2.75) is 12.8 Å². The van der Waals surface area contributed by atoms with E-state index in [-0.39, 0.29) is 0 Å². The highest BCUT2D eigenvalue weighted by molar-refractivity contribution is 5.95. The molecule has 2 heterocycles. The largest absolute Gasteiger partial charge is 0.382 e. The molecule has 0 bridgehead atoms. The minimum absolute atomic E-state index is 0.667. The summed E-state index contributed by atoms with van der Waals surface area (Å²) in [6, 6.07) is 4.18. The van der Waals surface area contributed by atoms with Gasteiger partial charge in [0.2, 0.25) is 0 Å². The van der Waals surface area contributed by atoms with Crippen LogP contribution in [0.25, 0.3) is 22.0 Å². The van der Waals surface area contributed by atoms with Gasteiger partial charge in [-0.05, 0) is 37.1 Å². The normalized spacial score (nSPS) is 11.2. The van der Waals surface area contributed by atoms with Crippen LogP contribution in [0.4, 0.5) is 5.69 Å². The van der Waals surface area contributed by atoms with Crippen molar-refractivity contribution in [2.24, 2.45) is 5.73 Å². The van der Waals surface area contributed by atoms with Crippen LogP contribution in [-0.2, 0) is 4.74 Å². The van der Waals surface area contributed by atoms with Gasteiger partial charge in [0.1, 0.15) is 0 Å². The summed E-state index contributed by atoms with van der Waals surface area (Å²) >= 11 is 0. The van der Waals surface area contributed by atoms with Crippen molar-refractivity contribution in [2.75, 3.05) is 31.6 Å². The Morgan fingerprint density at radius 3 is 2.87 bits per heavy atom. The standard InChI is InChI=1S/C16H22N6O/c17-3-1-2-5-23-6-4-18-15-7-12(13-9-19-20-10-13)8-16-14(15)11-21-22-16/h7-11,18H,1-6,17H2,(H,19,20)(H,21,22). The lowest BCUT2D eigenvalue weighted by Gasteiger charge is -2.10. The summed E-state index contributed by atoms with van der Waals surface area (Å²) in [5, 5.41) is 18.5. The Kier molecular flexibility index (Phi) is 5.23. The second-order valence-electron chi connectivity index (χ2n) is 5.38. The first-order chi connectivity index (χ1) is 11.4. The molecule has 7 heteroatoms. The lowest BCUT2D eigenvalue weighted by molar-refractivity contribution is 0.140. The van der Waals surface area contributed by atoms with E-state index >= 15 is 0 Å². The number of fused-ring (bicyclic) bond motifs is 1. The van der Waals surface area contributed by atoms with Gasteiger partial charge in [-0.1, -0.05) is 0 Å². The minimum Gasteiger partial charge on any atom is -0.382 e. The van der Waals surface area contributed by atoms with Crippen molar-refractivity contribution in [1.29, 1.82) is 0 Å². The predicted molar refractivity (Wildman–Crippen MR) is 91.3 cm³/mol. The van der Waals surface area contributed by atoms with Gasteiger partial charge in [0, 0.05) is 36.0 Å². The molecule has 0 unspecified atom stereocenters. The lowest BCUT2D eigenvalue weighted by Crippen LogP contribution is -2.11. The van der Waals surface area contributed by atoms with E-state index in [4.69, 9.17) is 10.5 Å². The van der Waals surface area contributed by atoms with E-state index in [9.17, 15) is 0 Å². The fraction of sp³-hybridized carbons (Fsp3) is 0.375. The Bertz CT molecular complexity index is 721. The monoisotopic (exact) mass is 314 g/mol. The third kappa shape index (κ3) is 3.88. The van der Waals surface area contributed by atoms with Crippen LogP contribution >= 0.6 is 0 Å². The van der Waals surface area contributed by atoms with Crippen LogP contribution in [0.2, 0.25) is 0 Å². The number of ether oxygens (including phenoxy) is 1. The van der Waals surface area contributed by atoms with Crippen molar-refractivity contribution in [3.05, 3.63) is 30.7 Å². The number of anilines is 1. The highest BCUT2D eigenvalue weighted by Crippen LogP contribution is 2.29. The fourth-order valence-corrected chi connectivity index (χ4v) is 2.48. The predicted octanol–water partition coefficient (Wildman–Crippen LogP) is 2.12. The summed E-state index contributed by atoms with van der Waals surface area (Å²) in [4.78, 5) is 0. The van der Waals surface area contributed by atoms with Crippen LogP contribution < -0.4 is 11.1 Å². The number of nitrogens with two attached hydrogens (primary N) is 1. The first kappa shape index (κ1) is 15.5. The fourth-order valence-electron chi connectivity index (χ4n) is 2.48. The Balaban J connectivity index is 1.64. The number of hydrogen-bond donors (Lipinski definition) is 4. The number of benzene rings is 1. The zero-order chi connectivity index (χ0) is 15.9. The van der Waals surface area contributed by atoms with Crippen LogP contribution in [0.3, 0.4) is 0 Å². The number of H-pyrrole nitrogens is 2. The third-order valence-corrected chi connectivity index (χ3v) is 3.69. The molecule has 2 aromatic heterocycles. The highest BCUT2D eigenvalue weighted by atomic mass is 16.5. The van der Waals surface area contributed by atoms with Crippen molar-refractivity contribution in [3.63, 3.8) is 0 Å². The lowest BCUT2D eigenvalue weighted by atomic mass is 10.1. The molecule has 0 fully saturated rings. The van der Waals surface area contributed by atoms with E-state index < -0.39 is 0 Å². The molecule has 0 radical (unpaired) electrons. The number of nitrogens with zero attached hydrogens (tertiary/aromatic N) is 2. The molecule has 3 aromatic rings. The van der Waals surface area contributed by atoms with Gasteiger partial charge in [0.05, 0.1) is 24.5 Å². The maximum Gasteiger partial charge on any atom is 0.0677 e. The van der Waals surface area contributed by atoms with E-state index in [1.807, 2.05) is 18.6 Å². The topological polar surface area (TPSA) is 105 Å². The van der Waals surface area contributed by atoms with Crippen molar-refractivity contribution >= 4 is 16.6 Å². The van der Waals surface area contributed by atoms with Gasteiger partial charge in [0.25, 0.3) is 0 Å². The third-order valence-electron chi connectivity index (χ3n) is 3.69. The Hall–Kier alpha value is -2.38. The maximum absolute atomic E-state index is 5.60. The number of aromatic nitrogens is 4. The Morgan fingerprint density at radius 1 is 1.09 bits per heavy atom. The van der Waals surface area contributed by atoms with E-state index in [1.54, 1.807) is 0 Å². The van der Waals surface area contributed by atoms with Crippen molar-refractivity contribution < 1.29 is 4.74 Å². The molecule has 0 aliphatic rings. The second-order valence-corrected chi connectivity index (χ2v) is 5.38. The quantitative estimate of drug-likeness (QED) is 0.453. The van der Waals surface area contributed by atoms with Gasteiger partial charge < -0.3 is 15.8 Å². The number of unbranched alkanes of at least 4 members (excludes halogenated alkanes) is 1. The van der Waals surface area contributed by atoms with Crippen molar-refractivity contribution in [1.82, 2.24) is 20.4 Å². The number of nitrogens with one attached hydrogen (secondary N) is 3.